The number of alkyl halides is 3. The van der Waals surface area contributed by atoms with Crippen LogP contribution in [0.15, 0.2) is 42.5 Å². The molecule has 0 saturated carbocycles. The Hall–Kier alpha value is -2.17. The Morgan fingerprint density at radius 1 is 1.11 bits per heavy atom. The summed E-state index contributed by atoms with van der Waals surface area (Å²) in [5.41, 5.74) is 6.05. The second kappa shape index (κ2) is 5.22. The van der Waals surface area contributed by atoms with Gasteiger partial charge in [-0.15, -0.1) is 0 Å². The molecule has 2 nitrogen and oxygen atoms in total. The fourth-order valence-electron chi connectivity index (χ4n) is 1.51. The number of nitrogen functional groups attached to an aromatic ring is 1. The smallest absolute Gasteiger partial charge is 0.416 e. The number of ether oxygens (including phenoxy) is 1. The maximum Gasteiger partial charge on any atom is 0.416 e. The molecular formula is C14H11F3NO. The number of hydrogen-bond acceptors (Lipinski definition) is 2. The first-order valence-electron chi connectivity index (χ1n) is 5.51. The average Bonchev–Trinajstić information content (AvgIpc) is 2.36. The summed E-state index contributed by atoms with van der Waals surface area (Å²) in [6.07, 6.45) is -4.32. The van der Waals surface area contributed by atoms with Gasteiger partial charge in [0, 0.05) is 11.8 Å². The van der Waals surface area contributed by atoms with Crippen LogP contribution in [-0.4, -0.2) is 0 Å². The number of benzene rings is 2. The summed E-state index contributed by atoms with van der Waals surface area (Å²) in [4.78, 5) is 0. The van der Waals surface area contributed by atoms with Crippen LogP contribution in [-0.2, 0) is 12.8 Å². The lowest BCUT2D eigenvalue weighted by Gasteiger charge is -2.09. The molecule has 2 rings (SSSR count). The topological polar surface area (TPSA) is 35.2 Å². The van der Waals surface area contributed by atoms with E-state index in [0.29, 0.717) is 17.0 Å². The molecule has 0 saturated heterocycles. The molecule has 99 valence electrons. The minimum atomic E-state index is -4.32. The first-order chi connectivity index (χ1) is 8.95. The minimum absolute atomic E-state index is 0.176. The highest BCUT2D eigenvalue weighted by molar-refractivity contribution is 5.43. The molecular weight excluding hydrogens is 255 g/mol. The van der Waals surface area contributed by atoms with Crippen LogP contribution in [0.5, 0.6) is 5.75 Å². The van der Waals surface area contributed by atoms with Crippen molar-refractivity contribution in [3.05, 3.63) is 59.7 Å². The largest absolute Gasteiger partial charge is 0.489 e. The van der Waals surface area contributed by atoms with Crippen molar-refractivity contribution in [1.82, 2.24) is 0 Å². The number of rotatable bonds is 3. The van der Waals surface area contributed by atoms with Crippen molar-refractivity contribution >= 4 is 5.69 Å². The molecule has 2 N–H and O–H groups in total. The predicted octanol–water partition coefficient (Wildman–Crippen LogP) is 3.67. The Morgan fingerprint density at radius 3 is 2.37 bits per heavy atom. The third kappa shape index (κ3) is 3.64. The number of hydrogen-bond donors (Lipinski definition) is 1. The summed E-state index contributed by atoms with van der Waals surface area (Å²) in [5.74, 6) is 0.528. The molecule has 1 radical (unpaired) electrons. The lowest BCUT2D eigenvalue weighted by molar-refractivity contribution is -0.137. The standard InChI is InChI=1S/C14H11F3NO/c15-14(16,17)11-6-4-10(5-7-11)9-19-13-3-1-2-12(18)8-13/h2-8H,9,18H2. The SMILES string of the molecule is Nc1c[c]cc(OCc2ccc(C(F)(F)F)cc2)c1. The molecule has 0 unspecified atom stereocenters. The Kier molecular flexibility index (Phi) is 3.64. The molecule has 0 fully saturated rings. The van der Waals surface area contributed by atoms with E-state index in [0.717, 1.165) is 12.1 Å². The zero-order valence-electron chi connectivity index (χ0n) is 9.87. The van der Waals surface area contributed by atoms with Crippen molar-refractivity contribution in [1.29, 1.82) is 0 Å². The fraction of sp³-hybridized carbons (Fsp3) is 0.143. The molecule has 0 atom stereocenters. The molecule has 0 amide bonds. The summed E-state index contributed by atoms with van der Waals surface area (Å²) in [6.45, 7) is 0.176. The number of halogens is 3. The van der Waals surface area contributed by atoms with E-state index in [-0.39, 0.29) is 6.61 Å². The molecule has 0 aliphatic rings. The van der Waals surface area contributed by atoms with Crippen LogP contribution >= 0.6 is 0 Å². The van der Waals surface area contributed by atoms with Gasteiger partial charge in [-0.1, -0.05) is 12.1 Å². The van der Waals surface area contributed by atoms with Crippen molar-refractivity contribution in [3.8, 4) is 5.75 Å². The summed E-state index contributed by atoms with van der Waals surface area (Å²) in [6, 6.07) is 12.5. The van der Waals surface area contributed by atoms with E-state index < -0.39 is 11.7 Å². The molecule has 0 aliphatic heterocycles. The van der Waals surface area contributed by atoms with E-state index >= 15 is 0 Å². The predicted molar refractivity (Wildman–Crippen MR) is 65.5 cm³/mol. The zero-order valence-corrected chi connectivity index (χ0v) is 9.87. The van der Waals surface area contributed by atoms with Gasteiger partial charge in [0.2, 0.25) is 0 Å². The summed E-state index contributed by atoms with van der Waals surface area (Å²) in [5, 5.41) is 0. The highest BCUT2D eigenvalue weighted by Gasteiger charge is 2.29. The maximum atomic E-state index is 12.4. The lowest BCUT2D eigenvalue weighted by atomic mass is 10.1. The van der Waals surface area contributed by atoms with Gasteiger partial charge in [-0.3, -0.25) is 0 Å². The number of nitrogens with two attached hydrogens (primary N) is 1. The van der Waals surface area contributed by atoms with Gasteiger partial charge in [0.15, 0.2) is 0 Å². The van der Waals surface area contributed by atoms with E-state index in [1.54, 1.807) is 18.2 Å². The van der Waals surface area contributed by atoms with E-state index in [9.17, 15) is 13.2 Å². The first-order valence-corrected chi connectivity index (χ1v) is 5.51. The quantitative estimate of drug-likeness (QED) is 0.860. The third-order valence-corrected chi connectivity index (χ3v) is 2.47. The van der Waals surface area contributed by atoms with Crippen molar-refractivity contribution in [3.63, 3.8) is 0 Å². The van der Waals surface area contributed by atoms with E-state index in [1.807, 2.05) is 0 Å². The first kappa shape index (κ1) is 13.3. The highest BCUT2D eigenvalue weighted by atomic mass is 19.4. The molecule has 0 spiro atoms. The Bertz CT molecular complexity index is 549. The van der Waals surface area contributed by atoms with Crippen LogP contribution in [0.2, 0.25) is 0 Å². The van der Waals surface area contributed by atoms with Crippen LogP contribution < -0.4 is 10.5 Å². The fourth-order valence-corrected chi connectivity index (χ4v) is 1.51. The summed E-state index contributed by atoms with van der Waals surface area (Å²) < 4.78 is 42.5. The van der Waals surface area contributed by atoms with Gasteiger partial charge in [-0.05, 0) is 35.9 Å². The average molecular weight is 266 g/mol. The van der Waals surface area contributed by atoms with Crippen LogP contribution in [0.3, 0.4) is 0 Å². The second-order valence-corrected chi connectivity index (χ2v) is 3.99. The second-order valence-electron chi connectivity index (χ2n) is 3.99. The molecule has 5 heteroatoms. The van der Waals surface area contributed by atoms with Gasteiger partial charge in [-0.2, -0.15) is 13.2 Å². The van der Waals surface area contributed by atoms with Crippen molar-refractivity contribution < 1.29 is 17.9 Å². The molecule has 2 aromatic carbocycles. The van der Waals surface area contributed by atoms with Gasteiger partial charge in [-0.25, -0.2) is 0 Å². The molecule has 2 aromatic rings. The van der Waals surface area contributed by atoms with Crippen molar-refractivity contribution in [2.45, 2.75) is 12.8 Å². The maximum absolute atomic E-state index is 12.4. The highest BCUT2D eigenvalue weighted by Crippen LogP contribution is 2.29. The third-order valence-electron chi connectivity index (χ3n) is 2.47. The van der Waals surface area contributed by atoms with Crippen LogP contribution in [0.4, 0.5) is 18.9 Å². The van der Waals surface area contributed by atoms with Crippen molar-refractivity contribution in [2.24, 2.45) is 0 Å². The van der Waals surface area contributed by atoms with E-state index in [4.69, 9.17) is 10.5 Å². The molecule has 19 heavy (non-hydrogen) atoms. The van der Waals surface area contributed by atoms with Gasteiger partial charge >= 0.3 is 6.18 Å². The van der Waals surface area contributed by atoms with E-state index in [1.165, 1.54) is 12.1 Å². The van der Waals surface area contributed by atoms with Crippen LogP contribution in [0, 0.1) is 6.07 Å². The Balaban J connectivity index is 2.01. The van der Waals surface area contributed by atoms with Gasteiger partial charge in [0.05, 0.1) is 5.56 Å². The monoisotopic (exact) mass is 266 g/mol. The molecule has 0 aromatic heterocycles. The van der Waals surface area contributed by atoms with E-state index in [2.05, 4.69) is 6.07 Å². The molecule has 0 heterocycles. The Morgan fingerprint density at radius 2 is 1.79 bits per heavy atom. The molecule has 0 aliphatic carbocycles. The lowest BCUT2D eigenvalue weighted by Crippen LogP contribution is -2.05. The summed E-state index contributed by atoms with van der Waals surface area (Å²) in [7, 11) is 0. The van der Waals surface area contributed by atoms with Gasteiger partial charge in [0.1, 0.15) is 12.4 Å². The minimum Gasteiger partial charge on any atom is -0.489 e. The number of anilines is 1. The van der Waals surface area contributed by atoms with Crippen LogP contribution in [0.25, 0.3) is 0 Å². The summed E-state index contributed by atoms with van der Waals surface area (Å²) >= 11 is 0. The Labute approximate surface area is 108 Å². The zero-order chi connectivity index (χ0) is 13.9. The van der Waals surface area contributed by atoms with Gasteiger partial charge < -0.3 is 10.5 Å². The molecule has 0 bridgehead atoms. The van der Waals surface area contributed by atoms with Crippen LogP contribution in [0.1, 0.15) is 11.1 Å². The van der Waals surface area contributed by atoms with Gasteiger partial charge in [0.25, 0.3) is 0 Å². The normalized spacial score (nSPS) is 11.3. The van der Waals surface area contributed by atoms with Crippen molar-refractivity contribution in [2.75, 3.05) is 5.73 Å².